The minimum atomic E-state index is -3.19. The van der Waals surface area contributed by atoms with Crippen LogP contribution in [0.5, 0.6) is 0 Å². The fourth-order valence-corrected chi connectivity index (χ4v) is 2.25. The van der Waals surface area contributed by atoms with Crippen LogP contribution in [-0.4, -0.2) is 37.1 Å². The molecule has 0 aromatic carbocycles. The van der Waals surface area contributed by atoms with Gasteiger partial charge in [-0.15, -0.1) is 0 Å². The lowest BCUT2D eigenvalue weighted by molar-refractivity contribution is 0.427. The van der Waals surface area contributed by atoms with Crippen LogP contribution in [0.25, 0.3) is 0 Å². The lowest BCUT2D eigenvalue weighted by atomic mass is 10.2. The second-order valence-electron chi connectivity index (χ2n) is 4.70. The molecule has 5 heteroatoms. The molecule has 0 radical (unpaired) electrons. The highest BCUT2D eigenvalue weighted by Gasteiger charge is 2.32. The summed E-state index contributed by atoms with van der Waals surface area (Å²) in [5.74, 6) is 0. The van der Waals surface area contributed by atoms with Gasteiger partial charge in [-0.05, 0) is 34.1 Å². The predicted octanol–water partition coefficient (Wildman–Crippen LogP) is 0.784. The van der Waals surface area contributed by atoms with Gasteiger partial charge in [0.25, 0.3) is 0 Å². The highest BCUT2D eigenvalue weighted by atomic mass is 32.2. The summed E-state index contributed by atoms with van der Waals surface area (Å²) < 4.78 is 24.3. The first-order valence-corrected chi connectivity index (χ1v) is 6.24. The van der Waals surface area contributed by atoms with Crippen molar-refractivity contribution in [2.75, 3.05) is 13.6 Å². The minimum absolute atomic E-state index is 0.0348. The van der Waals surface area contributed by atoms with Gasteiger partial charge in [-0.2, -0.15) is 0 Å². The Morgan fingerprint density at radius 1 is 1.36 bits per heavy atom. The Bertz CT molecular complexity index is 265. The minimum Gasteiger partial charge on any atom is -0.328 e. The van der Waals surface area contributed by atoms with Crippen LogP contribution in [0.15, 0.2) is 0 Å². The van der Waals surface area contributed by atoms with E-state index >= 15 is 0 Å². The van der Waals surface area contributed by atoms with Crippen LogP contribution in [0.2, 0.25) is 0 Å². The lowest BCUT2D eigenvalue weighted by Crippen LogP contribution is -2.42. The van der Waals surface area contributed by atoms with Gasteiger partial charge in [0, 0.05) is 19.6 Å². The Hall–Kier alpha value is -0.130. The number of nitrogens with zero attached hydrogens (tertiary/aromatic N) is 1. The number of nitrogens with two attached hydrogens (primary N) is 1. The second-order valence-corrected chi connectivity index (χ2v) is 7.50. The normalized spacial score (nSPS) is 15.9. The molecule has 0 saturated carbocycles. The smallest absolute Gasteiger partial charge is 0.218 e. The molecule has 1 unspecified atom stereocenters. The zero-order valence-electron chi connectivity index (χ0n) is 9.74. The monoisotopic (exact) mass is 222 g/mol. The molecule has 0 aliphatic heterocycles. The Morgan fingerprint density at radius 3 is 2.07 bits per heavy atom. The molecule has 0 bridgehead atoms. The SMILES string of the molecule is CC(N)CCN(C)S(=O)(=O)C(C)(C)C. The van der Waals surface area contributed by atoms with Crippen LogP contribution in [0.3, 0.4) is 0 Å². The molecule has 0 rings (SSSR count). The number of sulfonamides is 1. The molecule has 0 aliphatic carbocycles. The van der Waals surface area contributed by atoms with E-state index in [1.807, 2.05) is 6.92 Å². The second kappa shape index (κ2) is 4.59. The van der Waals surface area contributed by atoms with E-state index in [0.29, 0.717) is 13.0 Å². The van der Waals surface area contributed by atoms with Gasteiger partial charge in [-0.25, -0.2) is 12.7 Å². The van der Waals surface area contributed by atoms with Crippen molar-refractivity contribution in [1.29, 1.82) is 0 Å². The average Bonchev–Trinajstić information content (AvgIpc) is 1.97. The fourth-order valence-electron chi connectivity index (χ4n) is 0.973. The number of hydrogen-bond donors (Lipinski definition) is 1. The van der Waals surface area contributed by atoms with Crippen LogP contribution in [0.4, 0.5) is 0 Å². The third-order valence-corrected chi connectivity index (χ3v) is 4.63. The largest absolute Gasteiger partial charge is 0.328 e. The third-order valence-electron chi connectivity index (χ3n) is 2.08. The van der Waals surface area contributed by atoms with Gasteiger partial charge in [0.15, 0.2) is 0 Å². The maximum atomic E-state index is 11.8. The van der Waals surface area contributed by atoms with E-state index in [-0.39, 0.29) is 6.04 Å². The predicted molar refractivity (Wildman–Crippen MR) is 59.6 cm³/mol. The topological polar surface area (TPSA) is 63.4 Å². The van der Waals surface area contributed by atoms with Crippen molar-refractivity contribution >= 4 is 10.0 Å². The molecule has 4 nitrogen and oxygen atoms in total. The Kier molecular flexibility index (Phi) is 4.55. The van der Waals surface area contributed by atoms with Crippen molar-refractivity contribution in [3.63, 3.8) is 0 Å². The van der Waals surface area contributed by atoms with E-state index in [9.17, 15) is 8.42 Å². The van der Waals surface area contributed by atoms with Crippen LogP contribution in [0.1, 0.15) is 34.1 Å². The molecular formula is C9H22N2O2S. The van der Waals surface area contributed by atoms with Gasteiger partial charge in [-0.3, -0.25) is 0 Å². The summed E-state index contributed by atoms with van der Waals surface area (Å²) in [6, 6.07) is 0.0348. The third kappa shape index (κ3) is 3.55. The Morgan fingerprint density at radius 2 is 1.79 bits per heavy atom. The maximum absolute atomic E-state index is 11.8. The van der Waals surface area contributed by atoms with Crippen LogP contribution in [-0.2, 0) is 10.0 Å². The molecule has 14 heavy (non-hydrogen) atoms. The standard InChI is InChI=1S/C9H22N2O2S/c1-8(10)6-7-11(5)14(12,13)9(2,3)4/h8H,6-7,10H2,1-5H3. The lowest BCUT2D eigenvalue weighted by Gasteiger charge is -2.27. The molecule has 0 aliphatic rings. The summed E-state index contributed by atoms with van der Waals surface area (Å²) in [4.78, 5) is 0. The van der Waals surface area contributed by atoms with E-state index in [2.05, 4.69) is 0 Å². The van der Waals surface area contributed by atoms with E-state index in [4.69, 9.17) is 5.73 Å². The highest BCUT2D eigenvalue weighted by Crippen LogP contribution is 2.18. The van der Waals surface area contributed by atoms with E-state index in [1.165, 1.54) is 4.31 Å². The van der Waals surface area contributed by atoms with Crippen LogP contribution >= 0.6 is 0 Å². The summed E-state index contributed by atoms with van der Waals surface area (Å²) in [5.41, 5.74) is 5.57. The van der Waals surface area contributed by atoms with E-state index in [0.717, 1.165) is 0 Å². The molecular weight excluding hydrogens is 200 g/mol. The fraction of sp³-hybridized carbons (Fsp3) is 1.00. The summed E-state index contributed by atoms with van der Waals surface area (Å²) in [5, 5.41) is 0. The Labute approximate surface area is 87.5 Å². The van der Waals surface area contributed by atoms with Gasteiger partial charge < -0.3 is 5.73 Å². The van der Waals surface area contributed by atoms with Gasteiger partial charge in [0.1, 0.15) is 0 Å². The van der Waals surface area contributed by atoms with Crippen LogP contribution in [0, 0.1) is 0 Å². The molecule has 86 valence electrons. The summed E-state index contributed by atoms with van der Waals surface area (Å²) in [7, 11) is -1.59. The van der Waals surface area contributed by atoms with Crippen LogP contribution < -0.4 is 5.73 Å². The van der Waals surface area contributed by atoms with Crippen molar-refractivity contribution in [1.82, 2.24) is 4.31 Å². The summed E-state index contributed by atoms with van der Waals surface area (Å²) in [6.45, 7) is 7.45. The highest BCUT2D eigenvalue weighted by molar-refractivity contribution is 7.90. The van der Waals surface area contributed by atoms with Gasteiger partial charge in [0.2, 0.25) is 10.0 Å². The first kappa shape index (κ1) is 13.9. The van der Waals surface area contributed by atoms with Gasteiger partial charge in [-0.1, -0.05) is 0 Å². The first-order chi connectivity index (χ1) is 6.09. The molecule has 0 fully saturated rings. The molecule has 0 aromatic heterocycles. The first-order valence-electron chi connectivity index (χ1n) is 4.80. The van der Waals surface area contributed by atoms with E-state index in [1.54, 1.807) is 27.8 Å². The number of hydrogen-bond acceptors (Lipinski definition) is 3. The molecule has 1 atom stereocenters. The molecule has 0 heterocycles. The van der Waals surface area contributed by atoms with Gasteiger partial charge >= 0.3 is 0 Å². The average molecular weight is 222 g/mol. The Balaban J connectivity index is 4.47. The molecule has 0 aromatic rings. The van der Waals surface area contributed by atoms with Crippen molar-refractivity contribution < 1.29 is 8.42 Å². The molecule has 0 saturated heterocycles. The maximum Gasteiger partial charge on any atom is 0.218 e. The summed E-state index contributed by atoms with van der Waals surface area (Å²) in [6.07, 6.45) is 0.686. The zero-order valence-corrected chi connectivity index (χ0v) is 10.6. The zero-order chi connectivity index (χ0) is 11.6. The van der Waals surface area contributed by atoms with Crippen molar-refractivity contribution in [2.24, 2.45) is 5.73 Å². The van der Waals surface area contributed by atoms with E-state index < -0.39 is 14.8 Å². The van der Waals surface area contributed by atoms with Gasteiger partial charge in [0.05, 0.1) is 4.75 Å². The van der Waals surface area contributed by atoms with Crippen molar-refractivity contribution in [3.8, 4) is 0 Å². The molecule has 2 N–H and O–H groups in total. The van der Waals surface area contributed by atoms with Crippen molar-refractivity contribution in [2.45, 2.75) is 44.9 Å². The number of rotatable bonds is 4. The molecule has 0 spiro atoms. The molecule has 0 amide bonds. The summed E-state index contributed by atoms with van der Waals surface area (Å²) >= 11 is 0. The quantitative estimate of drug-likeness (QED) is 0.764. The van der Waals surface area contributed by atoms with Crippen molar-refractivity contribution in [3.05, 3.63) is 0 Å².